The largest absolute Gasteiger partial charge is 0.573 e. The molecule has 1 fully saturated rings. The molecule has 0 spiro atoms. The number of morpholine rings is 1. The van der Waals surface area contributed by atoms with Crippen LogP contribution in [0.25, 0.3) is 0 Å². The zero-order chi connectivity index (χ0) is 29.5. The van der Waals surface area contributed by atoms with Crippen molar-refractivity contribution >= 4 is 23.0 Å². The second-order valence-corrected chi connectivity index (χ2v) is 9.49. The van der Waals surface area contributed by atoms with E-state index in [4.69, 9.17) is 14.2 Å². The van der Waals surface area contributed by atoms with Crippen LogP contribution in [0.3, 0.4) is 0 Å². The van der Waals surface area contributed by atoms with E-state index in [1.165, 1.54) is 18.2 Å². The van der Waals surface area contributed by atoms with Crippen LogP contribution in [0.2, 0.25) is 0 Å². The molecule has 1 aromatic heterocycles. The van der Waals surface area contributed by atoms with Gasteiger partial charge in [0.25, 0.3) is 0 Å². The molecule has 2 heterocycles. The zero-order valence-electron chi connectivity index (χ0n) is 23.1. The molecule has 0 radical (unpaired) electrons. The van der Waals surface area contributed by atoms with Crippen molar-refractivity contribution in [3.05, 3.63) is 84.1 Å². The van der Waals surface area contributed by atoms with Crippen molar-refractivity contribution in [2.45, 2.75) is 19.8 Å². The first-order chi connectivity index (χ1) is 20.3. The summed E-state index contributed by atoms with van der Waals surface area (Å²) in [7, 11) is 1.55. The summed E-state index contributed by atoms with van der Waals surface area (Å²) < 4.78 is 59.2. The number of alkyl halides is 3. The Morgan fingerprint density at radius 3 is 2.50 bits per heavy atom. The topological polar surface area (TPSA) is 90.0 Å². The monoisotopic (exact) mass is 581 g/mol. The lowest BCUT2D eigenvalue weighted by molar-refractivity contribution is -0.274. The summed E-state index contributed by atoms with van der Waals surface area (Å²) >= 11 is 0. The molecule has 1 aliphatic heterocycles. The smallest absolute Gasteiger partial charge is 0.493 e. The molecule has 0 aliphatic carbocycles. The summed E-state index contributed by atoms with van der Waals surface area (Å²) in [6.45, 7) is 5.19. The third-order valence-electron chi connectivity index (χ3n) is 6.39. The maximum Gasteiger partial charge on any atom is 0.573 e. The van der Waals surface area contributed by atoms with Crippen LogP contribution < -0.4 is 29.7 Å². The van der Waals surface area contributed by atoms with Crippen LogP contribution in [-0.2, 0) is 11.3 Å². The highest BCUT2D eigenvalue weighted by atomic mass is 19.4. The highest BCUT2D eigenvalue weighted by molar-refractivity contribution is 5.62. The number of ether oxygens (including phenoxy) is 4. The van der Waals surface area contributed by atoms with E-state index in [9.17, 15) is 13.2 Å². The fraction of sp³-hybridized carbons (Fsp3) is 0.267. The van der Waals surface area contributed by atoms with Crippen LogP contribution in [0, 0.1) is 6.92 Å². The van der Waals surface area contributed by atoms with E-state index in [2.05, 4.69) is 30.2 Å². The predicted molar refractivity (Wildman–Crippen MR) is 153 cm³/mol. The Balaban J connectivity index is 1.37. The quantitative estimate of drug-likeness (QED) is 0.213. The first kappa shape index (κ1) is 28.8. The number of aromatic nitrogens is 2. The van der Waals surface area contributed by atoms with Gasteiger partial charge in [-0.1, -0.05) is 18.2 Å². The minimum absolute atomic E-state index is 0.162. The summed E-state index contributed by atoms with van der Waals surface area (Å²) in [6, 6.07) is 19.1. The van der Waals surface area contributed by atoms with E-state index >= 15 is 0 Å². The van der Waals surface area contributed by atoms with Crippen molar-refractivity contribution in [1.29, 1.82) is 0 Å². The number of rotatable bonds is 10. The molecule has 0 bridgehead atoms. The van der Waals surface area contributed by atoms with Crippen LogP contribution in [-0.4, -0.2) is 49.7 Å². The minimum Gasteiger partial charge on any atom is -0.493 e. The number of hydrogen-bond acceptors (Lipinski definition) is 9. The molecular formula is C30H30F3N5O4. The second kappa shape index (κ2) is 12.9. The standard InChI is InChI=1S/C30H30F3N5O4/c1-20-6-11-26(27(16-20)39-2)41-28-25(34-18-21-4-3-5-24(17-21)42-30(31,32)33)19-35-29(37-28)36-22-7-9-23(10-8-22)38-12-14-40-15-13-38/h3-11,16-17,19,34H,12-15,18H2,1-2H3,(H,35,36,37). The molecule has 5 rings (SSSR count). The van der Waals surface area contributed by atoms with E-state index in [0.717, 1.165) is 30.0 Å². The predicted octanol–water partition coefficient (Wildman–Crippen LogP) is 6.68. The maximum absolute atomic E-state index is 12.7. The van der Waals surface area contributed by atoms with Gasteiger partial charge in [0.2, 0.25) is 11.8 Å². The number of methoxy groups -OCH3 is 1. The van der Waals surface area contributed by atoms with Gasteiger partial charge < -0.3 is 34.5 Å². The Morgan fingerprint density at radius 1 is 0.976 bits per heavy atom. The number of aryl methyl sites for hydroxylation is 1. The molecule has 2 N–H and O–H groups in total. The molecule has 9 nitrogen and oxygen atoms in total. The summed E-state index contributed by atoms with van der Waals surface area (Å²) in [5.74, 6) is 1.14. The van der Waals surface area contributed by atoms with Gasteiger partial charge in [-0.25, -0.2) is 4.98 Å². The van der Waals surface area contributed by atoms with Gasteiger partial charge >= 0.3 is 6.36 Å². The number of hydrogen-bond donors (Lipinski definition) is 2. The molecule has 42 heavy (non-hydrogen) atoms. The zero-order valence-corrected chi connectivity index (χ0v) is 23.1. The fourth-order valence-electron chi connectivity index (χ4n) is 4.34. The highest BCUT2D eigenvalue weighted by Gasteiger charge is 2.31. The first-order valence-electron chi connectivity index (χ1n) is 13.2. The van der Waals surface area contributed by atoms with E-state index in [0.29, 0.717) is 41.9 Å². The number of halogens is 3. The lowest BCUT2D eigenvalue weighted by atomic mass is 10.2. The SMILES string of the molecule is COc1cc(C)ccc1Oc1nc(Nc2ccc(N3CCOCC3)cc2)ncc1NCc1cccc(OC(F)(F)F)c1. The Kier molecular flexibility index (Phi) is 8.82. The molecular weight excluding hydrogens is 551 g/mol. The molecule has 0 amide bonds. The number of nitrogens with one attached hydrogen (secondary N) is 2. The van der Waals surface area contributed by atoms with Gasteiger partial charge in [0.1, 0.15) is 11.4 Å². The molecule has 220 valence electrons. The maximum atomic E-state index is 12.7. The molecule has 0 unspecified atom stereocenters. The molecule has 12 heteroatoms. The molecule has 0 saturated carbocycles. The summed E-state index contributed by atoms with van der Waals surface area (Å²) in [5, 5.41) is 6.35. The fourth-order valence-corrected chi connectivity index (χ4v) is 4.34. The van der Waals surface area contributed by atoms with E-state index in [1.54, 1.807) is 25.4 Å². The van der Waals surface area contributed by atoms with Gasteiger partial charge in [0.15, 0.2) is 11.5 Å². The van der Waals surface area contributed by atoms with Crippen LogP contribution >= 0.6 is 0 Å². The van der Waals surface area contributed by atoms with Crippen molar-refractivity contribution in [2.24, 2.45) is 0 Å². The van der Waals surface area contributed by atoms with Crippen molar-refractivity contribution in [3.63, 3.8) is 0 Å². The van der Waals surface area contributed by atoms with E-state index in [1.807, 2.05) is 43.3 Å². The van der Waals surface area contributed by atoms with Crippen molar-refractivity contribution in [3.8, 4) is 23.1 Å². The molecule has 1 saturated heterocycles. The molecule has 1 aliphatic rings. The highest BCUT2D eigenvalue weighted by Crippen LogP contribution is 2.35. The summed E-state index contributed by atoms with van der Waals surface area (Å²) in [6.07, 6.45) is -3.23. The Hall–Kier alpha value is -4.71. The van der Waals surface area contributed by atoms with E-state index < -0.39 is 6.36 Å². The lowest BCUT2D eigenvalue weighted by Crippen LogP contribution is -2.36. The average Bonchev–Trinajstić information content (AvgIpc) is 2.98. The van der Waals surface area contributed by atoms with Crippen molar-refractivity contribution < 1.29 is 32.1 Å². The first-order valence-corrected chi connectivity index (χ1v) is 13.2. The van der Waals surface area contributed by atoms with Gasteiger partial charge in [0, 0.05) is 31.0 Å². The Labute approximate surface area is 241 Å². The molecule has 4 aromatic rings. The molecule has 0 atom stereocenters. The second-order valence-electron chi connectivity index (χ2n) is 9.49. The number of anilines is 4. The van der Waals surface area contributed by atoms with Gasteiger partial charge in [-0.2, -0.15) is 4.98 Å². The lowest BCUT2D eigenvalue weighted by Gasteiger charge is -2.28. The minimum atomic E-state index is -4.78. The van der Waals surface area contributed by atoms with Crippen LogP contribution in [0.4, 0.5) is 36.2 Å². The molecule has 3 aromatic carbocycles. The number of benzene rings is 3. The van der Waals surface area contributed by atoms with Gasteiger partial charge in [-0.3, -0.25) is 0 Å². The summed E-state index contributed by atoms with van der Waals surface area (Å²) in [4.78, 5) is 11.3. The van der Waals surface area contributed by atoms with Crippen LogP contribution in [0.5, 0.6) is 23.1 Å². The van der Waals surface area contributed by atoms with Crippen molar-refractivity contribution in [1.82, 2.24) is 9.97 Å². The number of nitrogens with zero attached hydrogens (tertiary/aromatic N) is 3. The van der Waals surface area contributed by atoms with E-state index in [-0.39, 0.29) is 18.2 Å². The third-order valence-corrected chi connectivity index (χ3v) is 6.39. The third kappa shape index (κ3) is 7.72. The Morgan fingerprint density at radius 2 is 1.76 bits per heavy atom. The van der Waals surface area contributed by atoms with Crippen molar-refractivity contribution in [2.75, 3.05) is 48.9 Å². The van der Waals surface area contributed by atoms with Gasteiger partial charge in [-0.15, -0.1) is 13.2 Å². The van der Waals surface area contributed by atoms with Crippen LogP contribution in [0.15, 0.2) is 72.9 Å². The normalized spacial score (nSPS) is 13.4. The van der Waals surface area contributed by atoms with Crippen LogP contribution in [0.1, 0.15) is 11.1 Å². The average molecular weight is 582 g/mol. The Bertz CT molecular complexity index is 1500. The van der Waals surface area contributed by atoms with Gasteiger partial charge in [-0.05, 0) is 66.6 Å². The summed E-state index contributed by atoms with van der Waals surface area (Å²) in [5.41, 5.74) is 3.85. The van der Waals surface area contributed by atoms with Gasteiger partial charge in [0.05, 0.1) is 26.5 Å².